The second kappa shape index (κ2) is 8.66. The largest absolute Gasteiger partial charge is 0.394 e. The SMILES string of the molecule is COCC#Cc1ccc([C@@H]2[C@H]3CN(C(=O)c4ccncc4)CC(=O)N3[C@H]2CO)cc1. The molecule has 4 rings (SSSR count). The maximum Gasteiger partial charge on any atom is 0.254 e. The van der Waals surface area contributed by atoms with Gasteiger partial charge in [0, 0.05) is 43.1 Å². The fraction of sp³-hybridized carbons (Fsp3) is 0.348. The normalized spacial score (nSPS) is 22.6. The summed E-state index contributed by atoms with van der Waals surface area (Å²) in [7, 11) is 1.60. The van der Waals surface area contributed by atoms with Crippen molar-refractivity contribution in [3.05, 3.63) is 65.5 Å². The van der Waals surface area contributed by atoms with E-state index >= 15 is 0 Å². The van der Waals surface area contributed by atoms with Crippen molar-refractivity contribution < 1.29 is 19.4 Å². The Balaban J connectivity index is 1.54. The Hall–Kier alpha value is -3.21. The standard InChI is InChI=1S/C23H23N3O4/c1-30-12-2-3-16-4-6-17(7-5-16)22-19-13-25(14-21(28)26(19)20(22)15-27)23(29)18-8-10-24-11-9-18/h4-11,19-20,22,27H,12-15H2,1H3/t19-,20+,22-/m1/s1. The molecule has 2 aliphatic rings. The minimum absolute atomic E-state index is 0.0227. The number of pyridine rings is 1. The average Bonchev–Trinajstić information content (AvgIpc) is 2.76. The Morgan fingerprint density at radius 3 is 2.63 bits per heavy atom. The smallest absolute Gasteiger partial charge is 0.254 e. The minimum Gasteiger partial charge on any atom is -0.394 e. The first kappa shape index (κ1) is 20.1. The highest BCUT2D eigenvalue weighted by molar-refractivity contribution is 5.97. The van der Waals surface area contributed by atoms with E-state index in [0.717, 1.165) is 11.1 Å². The van der Waals surface area contributed by atoms with Crippen LogP contribution in [0, 0.1) is 11.8 Å². The zero-order valence-corrected chi connectivity index (χ0v) is 16.7. The highest BCUT2D eigenvalue weighted by atomic mass is 16.5. The molecular weight excluding hydrogens is 382 g/mol. The lowest BCUT2D eigenvalue weighted by Gasteiger charge is -2.58. The van der Waals surface area contributed by atoms with Crippen LogP contribution in [0.1, 0.15) is 27.4 Å². The van der Waals surface area contributed by atoms with Gasteiger partial charge in [-0.3, -0.25) is 14.6 Å². The van der Waals surface area contributed by atoms with Crippen molar-refractivity contribution in [1.82, 2.24) is 14.8 Å². The van der Waals surface area contributed by atoms with Gasteiger partial charge in [-0.05, 0) is 29.8 Å². The predicted octanol–water partition coefficient (Wildman–Crippen LogP) is 0.891. The van der Waals surface area contributed by atoms with Crippen LogP contribution in [0.4, 0.5) is 0 Å². The van der Waals surface area contributed by atoms with Gasteiger partial charge in [0.2, 0.25) is 5.91 Å². The second-order valence-electron chi connectivity index (χ2n) is 7.42. The first-order valence-electron chi connectivity index (χ1n) is 9.83. The summed E-state index contributed by atoms with van der Waals surface area (Å²) in [4.78, 5) is 32.8. The maximum atomic E-state index is 12.8. The first-order chi connectivity index (χ1) is 14.6. The van der Waals surface area contributed by atoms with Crippen molar-refractivity contribution in [3.8, 4) is 11.8 Å². The topological polar surface area (TPSA) is 83.0 Å². The van der Waals surface area contributed by atoms with Gasteiger partial charge < -0.3 is 19.6 Å². The van der Waals surface area contributed by atoms with Gasteiger partial charge in [0.25, 0.3) is 5.91 Å². The van der Waals surface area contributed by atoms with E-state index in [2.05, 4.69) is 16.8 Å². The molecule has 30 heavy (non-hydrogen) atoms. The summed E-state index contributed by atoms with van der Waals surface area (Å²) in [6, 6.07) is 10.7. The Morgan fingerprint density at radius 1 is 1.23 bits per heavy atom. The number of piperazine rings is 1. The fourth-order valence-electron chi connectivity index (χ4n) is 4.33. The van der Waals surface area contributed by atoms with E-state index < -0.39 is 0 Å². The third-order valence-electron chi connectivity index (χ3n) is 5.71. The van der Waals surface area contributed by atoms with Gasteiger partial charge in [0.1, 0.15) is 13.2 Å². The van der Waals surface area contributed by atoms with Crippen molar-refractivity contribution in [2.75, 3.05) is 33.4 Å². The third kappa shape index (κ3) is 3.67. The van der Waals surface area contributed by atoms with Crippen LogP contribution in [0.25, 0.3) is 0 Å². The molecule has 0 unspecified atom stereocenters. The predicted molar refractivity (Wildman–Crippen MR) is 110 cm³/mol. The number of aliphatic hydroxyl groups is 1. The van der Waals surface area contributed by atoms with Crippen LogP contribution in [0.2, 0.25) is 0 Å². The highest BCUT2D eigenvalue weighted by Crippen LogP contribution is 2.43. The molecule has 0 aliphatic carbocycles. The number of nitrogens with zero attached hydrogens (tertiary/aromatic N) is 3. The molecule has 7 nitrogen and oxygen atoms in total. The third-order valence-corrected chi connectivity index (χ3v) is 5.71. The molecule has 154 valence electrons. The van der Waals surface area contributed by atoms with Gasteiger partial charge in [0.05, 0.1) is 18.7 Å². The number of ether oxygens (including phenoxy) is 1. The van der Waals surface area contributed by atoms with E-state index in [-0.39, 0.29) is 43.0 Å². The Bertz CT molecular complexity index is 981. The van der Waals surface area contributed by atoms with E-state index in [1.807, 2.05) is 24.3 Å². The lowest BCUT2D eigenvalue weighted by Crippen LogP contribution is -2.73. The molecule has 0 spiro atoms. The monoisotopic (exact) mass is 405 g/mol. The average molecular weight is 405 g/mol. The summed E-state index contributed by atoms with van der Waals surface area (Å²) >= 11 is 0. The summed E-state index contributed by atoms with van der Waals surface area (Å²) in [5.74, 6) is 5.60. The molecule has 1 N–H and O–H groups in total. The summed E-state index contributed by atoms with van der Waals surface area (Å²) in [6.07, 6.45) is 3.13. The number of fused-ring (bicyclic) bond motifs is 1. The van der Waals surface area contributed by atoms with E-state index in [4.69, 9.17) is 4.74 Å². The zero-order valence-electron chi connectivity index (χ0n) is 16.7. The molecule has 1 aromatic carbocycles. The number of hydrogen-bond acceptors (Lipinski definition) is 5. The van der Waals surface area contributed by atoms with Crippen molar-refractivity contribution >= 4 is 11.8 Å². The first-order valence-corrected chi connectivity index (χ1v) is 9.83. The molecule has 1 aromatic heterocycles. The molecule has 0 radical (unpaired) electrons. The van der Waals surface area contributed by atoms with Gasteiger partial charge in [-0.2, -0.15) is 0 Å². The number of benzene rings is 1. The number of rotatable bonds is 4. The summed E-state index contributed by atoms with van der Waals surface area (Å²) < 4.78 is 4.94. The van der Waals surface area contributed by atoms with Gasteiger partial charge in [-0.15, -0.1) is 0 Å². The van der Waals surface area contributed by atoms with Crippen molar-refractivity contribution in [2.24, 2.45) is 0 Å². The summed E-state index contributed by atoms with van der Waals surface area (Å²) in [6.45, 7) is 0.719. The molecule has 2 saturated heterocycles. The van der Waals surface area contributed by atoms with E-state index in [1.165, 1.54) is 0 Å². The number of carbonyl (C=O) groups excluding carboxylic acids is 2. The lowest BCUT2D eigenvalue weighted by atomic mass is 9.73. The number of amides is 2. The molecule has 7 heteroatoms. The number of hydrogen-bond donors (Lipinski definition) is 1. The van der Waals surface area contributed by atoms with Gasteiger partial charge in [-0.25, -0.2) is 0 Å². The Kier molecular flexibility index (Phi) is 5.79. The van der Waals surface area contributed by atoms with Crippen LogP contribution >= 0.6 is 0 Å². The van der Waals surface area contributed by atoms with Gasteiger partial charge >= 0.3 is 0 Å². The van der Waals surface area contributed by atoms with Crippen LogP contribution in [0.3, 0.4) is 0 Å². The quantitative estimate of drug-likeness (QED) is 0.764. The lowest BCUT2D eigenvalue weighted by molar-refractivity contribution is -0.159. The molecule has 2 aromatic rings. The molecule has 0 bridgehead atoms. The van der Waals surface area contributed by atoms with Crippen LogP contribution in [-0.2, 0) is 9.53 Å². The van der Waals surface area contributed by atoms with Crippen molar-refractivity contribution in [3.63, 3.8) is 0 Å². The van der Waals surface area contributed by atoms with Gasteiger partial charge in [-0.1, -0.05) is 24.0 Å². The Labute approximate surface area is 175 Å². The number of aromatic nitrogens is 1. The number of carbonyl (C=O) groups is 2. The minimum atomic E-state index is -0.272. The second-order valence-corrected chi connectivity index (χ2v) is 7.42. The van der Waals surface area contributed by atoms with E-state index in [1.54, 1.807) is 41.4 Å². The highest BCUT2D eigenvalue weighted by Gasteiger charge is 2.54. The molecule has 2 aliphatic heterocycles. The molecule has 2 amide bonds. The molecule has 3 atom stereocenters. The fourth-order valence-corrected chi connectivity index (χ4v) is 4.33. The molecule has 0 saturated carbocycles. The van der Waals surface area contributed by atoms with E-state index in [9.17, 15) is 14.7 Å². The van der Waals surface area contributed by atoms with Gasteiger partial charge in [0.15, 0.2) is 0 Å². The summed E-state index contributed by atoms with van der Waals surface area (Å²) in [5, 5.41) is 9.91. The van der Waals surface area contributed by atoms with Crippen molar-refractivity contribution in [2.45, 2.75) is 18.0 Å². The molecule has 2 fully saturated rings. The van der Waals surface area contributed by atoms with Crippen LogP contribution < -0.4 is 0 Å². The van der Waals surface area contributed by atoms with Crippen LogP contribution in [0.15, 0.2) is 48.8 Å². The maximum absolute atomic E-state index is 12.8. The zero-order chi connectivity index (χ0) is 21.1. The summed E-state index contributed by atoms with van der Waals surface area (Å²) in [5.41, 5.74) is 2.42. The number of aliphatic hydroxyl groups excluding tert-OH is 1. The Morgan fingerprint density at radius 2 is 1.97 bits per heavy atom. The molecular formula is C23H23N3O4. The van der Waals surface area contributed by atoms with Crippen molar-refractivity contribution in [1.29, 1.82) is 0 Å². The molecule has 3 heterocycles. The van der Waals surface area contributed by atoms with Crippen LogP contribution in [0.5, 0.6) is 0 Å². The van der Waals surface area contributed by atoms with Crippen LogP contribution in [-0.4, -0.2) is 77.2 Å². The number of methoxy groups -OCH3 is 1. The van der Waals surface area contributed by atoms with E-state index in [0.29, 0.717) is 18.7 Å².